The summed E-state index contributed by atoms with van der Waals surface area (Å²) < 4.78 is 25.4. The number of thiol groups is 1. The molecule has 1 rings (SSSR count). The Hall–Kier alpha value is -0.570. The first kappa shape index (κ1) is 8.53. The monoisotopic (exact) mass is 174 g/mol. The van der Waals surface area contributed by atoms with Crippen molar-refractivity contribution in [3.8, 4) is 0 Å². The third kappa shape index (κ3) is 1.71. The number of hydrogen-bond acceptors (Lipinski definition) is 1. The zero-order valence-corrected chi connectivity index (χ0v) is 6.96. The Balaban J connectivity index is 3.21. The molecule has 0 nitrogen and oxygen atoms in total. The van der Waals surface area contributed by atoms with E-state index in [-0.39, 0.29) is 4.90 Å². The second-order valence-corrected chi connectivity index (χ2v) is 2.71. The second-order valence-electron chi connectivity index (χ2n) is 2.26. The average Bonchev–Trinajstić information content (AvgIpc) is 1.99. The number of hydrogen-bond donors (Lipinski definition) is 1. The number of benzene rings is 1. The summed E-state index contributed by atoms with van der Waals surface area (Å²) in [6, 6.07) is 2.59. The predicted octanol–water partition coefficient (Wildman–Crippen LogP) is 2.82. The Kier molecular flexibility index (Phi) is 2.49. The fourth-order valence-corrected chi connectivity index (χ4v) is 0.951. The number of rotatable bonds is 1. The van der Waals surface area contributed by atoms with Crippen molar-refractivity contribution in [2.24, 2.45) is 0 Å². The molecular formula is C8H8F2S. The van der Waals surface area contributed by atoms with E-state index in [1.54, 1.807) is 0 Å². The lowest BCUT2D eigenvalue weighted by Crippen LogP contribution is -1.89. The molecule has 0 aromatic heterocycles. The molecule has 0 fully saturated rings. The van der Waals surface area contributed by atoms with Crippen LogP contribution in [0.1, 0.15) is 12.5 Å². The van der Waals surface area contributed by atoms with Crippen LogP contribution in [-0.2, 0) is 6.42 Å². The van der Waals surface area contributed by atoms with Crippen LogP contribution < -0.4 is 0 Å². The molecule has 1 aromatic carbocycles. The maximum absolute atomic E-state index is 12.7. The van der Waals surface area contributed by atoms with E-state index in [1.165, 1.54) is 12.1 Å². The van der Waals surface area contributed by atoms with Gasteiger partial charge in [0, 0.05) is 0 Å². The largest absolute Gasteiger partial charge is 0.206 e. The van der Waals surface area contributed by atoms with Gasteiger partial charge >= 0.3 is 0 Å². The maximum atomic E-state index is 12.7. The van der Waals surface area contributed by atoms with Crippen LogP contribution in [-0.4, -0.2) is 0 Å². The zero-order valence-electron chi connectivity index (χ0n) is 6.06. The van der Waals surface area contributed by atoms with E-state index in [9.17, 15) is 8.78 Å². The van der Waals surface area contributed by atoms with Crippen molar-refractivity contribution in [2.75, 3.05) is 0 Å². The average molecular weight is 174 g/mol. The fourth-order valence-electron chi connectivity index (χ4n) is 0.822. The van der Waals surface area contributed by atoms with Gasteiger partial charge in [-0.15, -0.1) is 12.6 Å². The van der Waals surface area contributed by atoms with Crippen molar-refractivity contribution in [2.45, 2.75) is 18.2 Å². The van der Waals surface area contributed by atoms with Gasteiger partial charge in [0.05, 0.1) is 4.90 Å². The maximum Gasteiger partial charge on any atom is 0.139 e. The SMILES string of the molecule is CCc1cc(F)c(S)c(F)c1. The molecule has 0 heterocycles. The van der Waals surface area contributed by atoms with E-state index >= 15 is 0 Å². The molecule has 60 valence electrons. The van der Waals surface area contributed by atoms with Crippen LogP contribution in [0.25, 0.3) is 0 Å². The van der Waals surface area contributed by atoms with E-state index in [4.69, 9.17) is 0 Å². The molecule has 0 amide bonds. The summed E-state index contributed by atoms with van der Waals surface area (Å²) in [5, 5.41) is 0. The lowest BCUT2D eigenvalue weighted by molar-refractivity contribution is 0.538. The summed E-state index contributed by atoms with van der Waals surface area (Å²) in [7, 11) is 0. The summed E-state index contributed by atoms with van der Waals surface area (Å²) in [6.45, 7) is 1.84. The van der Waals surface area contributed by atoms with E-state index in [2.05, 4.69) is 12.6 Å². The summed E-state index contributed by atoms with van der Waals surface area (Å²) >= 11 is 3.65. The van der Waals surface area contributed by atoms with Crippen molar-refractivity contribution < 1.29 is 8.78 Å². The minimum Gasteiger partial charge on any atom is -0.206 e. The van der Waals surface area contributed by atoms with Gasteiger partial charge in [-0.2, -0.15) is 0 Å². The molecule has 0 saturated heterocycles. The number of aryl methyl sites for hydroxylation is 1. The van der Waals surface area contributed by atoms with Crippen LogP contribution in [0, 0.1) is 11.6 Å². The Bertz CT molecular complexity index is 248. The van der Waals surface area contributed by atoms with Crippen LogP contribution in [0.4, 0.5) is 8.78 Å². The van der Waals surface area contributed by atoms with Crippen LogP contribution in [0.2, 0.25) is 0 Å². The van der Waals surface area contributed by atoms with Crippen molar-refractivity contribution in [1.82, 2.24) is 0 Å². The van der Waals surface area contributed by atoms with E-state index in [0.717, 1.165) is 0 Å². The second kappa shape index (κ2) is 3.22. The molecule has 0 atom stereocenters. The Labute approximate surface area is 69.6 Å². The predicted molar refractivity (Wildman–Crippen MR) is 43.0 cm³/mol. The van der Waals surface area contributed by atoms with Gasteiger partial charge in [-0.05, 0) is 24.1 Å². The fraction of sp³-hybridized carbons (Fsp3) is 0.250. The molecule has 0 aliphatic heterocycles. The summed E-state index contributed by atoms with van der Waals surface area (Å²) in [5.41, 5.74) is 0.651. The highest BCUT2D eigenvalue weighted by molar-refractivity contribution is 7.80. The highest BCUT2D eigenvalue weighted by Gasteiger charge is 2.05. The van der Waals surface area contributed by atoms with Crippen LogP contribution in [0.5, 0.6) is 0 Å². The normalized spacial score (nSPS) is 10.2. The molecule has 0 N–H and O–H groups in total. The topological polar surface area (TPSA) is 0 Å². The molecule has 0 aliphatic carbocycles. The quantitative estimate of drug-likeness (QED) is 0.622. The first-order valence-electron chi connectivity index (χ1n) is 3.32. The molecule has 3 heteroatoms. The molecule has 0 radical (unpaired) electrons. The summed E-state index contributed by atoms with van der Waals surface area (Å²) in [5.74, 6) is -1.18. The molecule has 0 unspecified atom stereocenters. The first-order chi connectivity index (χ1) is 5.15. The van der Waals surface area contributed by atoms with Crippen molar-refractivity contribution in [3.63, 3.8) is 0 Å². The van der Waals surface area contributed by atoms with Crippen molar-refractivity contribution in [3.05, 3.63) is 29.3 Å². The highest BCUT2D eigenvalue weighted by atomic mass is 32.1. The molecule has 0 bridgehead atoms. The molecular weight excluding hydrogens is 166 g/mol. The lowest BCUT2D eigenvalue weighted by Gasteiger charge is -2.00. The van der Waals surface area contributed by atoms with Crippen LogP contribution >= 0.6 is 12.6 Å². The van der Waals surface area contributed by atoms with E-state index in [1.807, 2.05) is 6.92 Å². The molecule has 0 aliphatic rings. The molecule has 0 saturated carbocycles. The first-order valence-corrected chi connectivity index (χ1v) is 3.76. The van der Waals surface area contributed by atoms with Crippen molar-refractivity contribution in [1.29, 1.82) is 0 Å². The standard InChI is InChI=1S/C8H8F2S/c1-2-5-3-6(9)8(11)7(10)4-5/h3-4,11H,2H2,1H3. The van der Waals surface area contributed by atoms with Gasteiger partial charge < -0.3 is 0 Å². The third-order valence-corrected chi connectivity index (χ3v) is 1.91. The van der Waals surface area contributed by atoms with E-state index < -0.39 is 11.6 Å². The van der Waals surface area contributed by atoms with Crippen molar-refractivity contribution >= 4 is 12.6 Å². The molecule has 1 aromatic rings. The van der Waals surface area contributed by atoms with Gasteiger partial charge in [-0.25, -0.2) is 8.78 Å². The summed E-state index contributed by atoms with van der Waals surface area (Å²) in [4.78, 5) is -0.206. The van der Waals surface area contributed by atoms with E-state index in [0.29, 0.717) is 12.0 Å². The van der Waals surface area contributed by atoms with Gasteiger partial charge in [0.1, 0.15) is 11.6 Å². The van der Waals surface area contributed by atoms with Gasteiger partial charge in [-0.3, -0.25) is 0 Å². The summed E-state index contributed by atoms with van der Waals surface area (Å²) in [6.07, 6.45) is 0.627. The Morgan fingerprint density at radius 2 is 1.73 bits per heavy atom. The van der Waals surface area contributed by atoms with Gasteiger partial charge in [0.2, 0.25) is 0 Å². The smallest absolute Gasteiger partial charge is 0.139 e. The van der Waals surface area contributed by atoms with Crippen LogP contribution in [0.15, 0.2) is 17.0 Å². The minimum absolute atomic E-state index is 0.206. The lowest BCUT2D eigenvalue weighted by atomic mass is 10.2. The molecule has 11 heavy (non-hydrogen) atoms. The third-order valence-electron chi connectivity index (χ3n) is 1.48. The Morgan fingerprint density at radius 1 is 1.27 bits per heavy atom. The Morgan fingerprint density at radius 3 is 2.09 bits per heavy atom. The van der Waals surface area contributed by atoms with Gasteiger partial charge in [-0.1, -0.05) is 6.92 Å². The molecule has 0 spiro atoms. The zero-order chi connectivity index (χ0) is 8.43. The van der Waals surface area contributed by atoms with Gasteiger partial charge in [0.15, 0.2) is 0 Å². The minimum atomic E-state index is -0.592. The van der Waals surface area contributed by atoms with Gasteiger partial charge in [0.25, 0.3) is 0 Å². The van der Waals surface area contributed by atoms with Crippen LogP contribution in [0.3, 0.4) is 0 Å². The highest BCUT2D eigenvalue weighted by Crippen LogP contribution is 2.18. The number of halogens is 2.